The molecule has 3 aromatic heterocycles. The third-order valence-electron chi connectivity index (χ3n) is 16.9. The lowest BCUT2D eigenvalue weighted by Crippen LogP contribution is -2.03. The first-order chi connectivity index (χ1) is 49.9. The van der Waals surface area contributed by atoms with Gasteiger partial charge in [0, 0.05) is 81.0 Å². The highest BCUT2D eigenvalue weighted by Gasteiger charge is 2.19. The Morgan fingerprint density at radius 1 is 0.265 bits per heavy atom. The van der Waals surface area contributed by atoms with Crippen LogP contribution >= 0.6 is 15.9 Å². The number of methoxy groups -OCH3 is 8. The summed E-state index contributed by atoms with van der Waals surface area (Å²) in [5.74, 6) is 8.21. The Kier molecular flexibility index (Phi) is 21.5. The predicted octanol–water partition coefficient (Wildman–Crippen LogP) is 18.4. The minimum atomic E-state index is 0.0770. The summed E-state index contributed by atoms with van der Waals surface area (Å²) in [6, 6.07) is 60.7. The van der Waals surface area contributed by atoms with Gasteiger partial charge in [0.15, 0.2) is 0 Å². The van der Waals surface area contributed by atoms with Gasteiger partial charge in [0.25, 0.3) is 0 Å². The van der Waals surface area contributed by atoms with Crippen molar-refractivity contribution in [2.45, 2.75) is 45.0 Å². The zero-order valence-electron chi connectivity index (χ0n) is 57.6. The molecule has 8 bridgehead atoms. The van der Waals surface area contributed by atoms with Crippen LogP contribution < -0.4 is 66.3 Å². The van der Waals surface area contributed by atoms with E-state index < -0.39 is 0 Å². The number of benzene rings is 8. The minimum Gasteiger partial charge on any atom is -0.497 e. The Morgan fingerprint density at radius 2 is 0.529 bits per heavy atom. The molecule has 19 heteroatoms. The van der Waals surface area contributed by atoms with Crippen LogP contribution in [-0.2, 0) is 45.0 Å². The number of fused-ring (bicyclic) bond motifs is 8. The highest BCUT2D eigenvalue weighted by molar-refractivity contribution is 9.08. The van der Waals surface area contributed by atoms with Crippen molar-refractivity contribution in [2.24, 2.45) is 0 Å². The van der Waals surface area contributed by atoms with Gasteiger partial charge in [0.2, 0.25) is 0 Å². The summed E-state index contributed by atoms with van der Waals surface area (Å²) in [6.07, 6.45) is 8.15. The van der Waals surface area contributed by atoms with E-state index in [1.165, 1.54) is 5.56 Å². The minimum absolute atomic E-state index is 0.0770. The van der Waals surface area contributed by atoms with Crippen molar-refractivity contribution in [1.82, 2.24) is 19.9 Å². The van der Waals surface area contributed by atoms with Crippen LogP contribution in [0.2, 0.25) is 0 Å². The number of hydrogen-bond acceptors (Lipinski definition) is 16. The van der Waals surface area contributed by atoms with Gasteiger partial charge in [-0.2, -0.15) is 0 Å². The van der Waals surface area contributed by atoms with Gasteiger partial charge in [-0.25, -0.2) is 9.97 Å². The van der Waals surface area contributed by atoms with Gasteiger partial charge < -0.3 is 76.3 Å². The molecule has 2 N–H and O–H groups in total. The van der Waals surface area contributed by atoms with Crippen LogP contribution in [0.5, 0.6) is 80.5 Å². The largest absolute Gasteiger partial charge is 0.497 e. The molecule has 8 aromatic carbocycles. The lowest BCUT2D eigenvalue weighted by molar-refractivity contribution is 0.275. The third-order valence-corrected chi connectivity index (χ3v) is 17.6. The van der Waals surface area contributed by atoms with Gasteiger partial charge >= 0.3 is 0 Å². The van der Waals surface area contributed by atoms with Crippen molar-refractivity contribution in [2.75, 3.05) is 56.9 Å². The molecule has 518 valence electrons. The average molecular weight is 1430 g/mol. The summed E-state index contributed by atoms with van der Waals surface area (Å²) in [5.41, 5.74) is 16.1. The normalized spacial score (nSPS) is 11.4. The molecule has 0 saturated carbocycles. The summed E-state index contributed by atoms with van der Waals surface area (Å²) >= 11 is 3.61. The molecular weight excluding hydrogens is 1360 g/mol. The molecule has 0 fully saturated rings. The fraction of sp³-hybridized carbons (Fsp3) is 0.181. The van der Waals surface area contributed by atoms with Crippen LogP contribution in [0.4, 0.5) is 0 Å². The number of ether oxygens (including phenoxy) is 14. The van der Waals surface area contributed by atoms with Gasteiger partial charge in [-0.3, -0.25) is 0 Å². The molecule has 11 aromatic rings. The first kappa shape index (κ1) is 68.6. The van der Waals surface area contributed by atoms with Crippen LogP contribution in [0.1, 0.15) is 61.7 Å². The Balaban J connectivity index is 0.900. The maximum Gasteiger partial charge on any atom is 0.124 e. The van der Waals surface area contributed by atoms with Crippen LogP contribution in [0.15, 0.2) is 188 Å². The lowest BCUT2D eigenvalue weighted by Gasteiger charge is -2.17. The number of nitrogens with one attached hydrogen (secondary N) is 2. The van der Waals surface area contributed by atoms with Gasteiger partial charge in [-0.05, 0) is 196 Å². The number of rotatable bonds is 29. The number of aromatic nitrogens is 4. The SMILES string of the molecule is COc1cc(COc2cc(COc3cc(OCc4cc(OCc5cc(OC)cc(OC)c5)cc(OCc5cc(OC)cc(OC)c5)c4)cc(-c4c5nc(cc6ccc([nH]6)c(-c6ccc(CBr)cc6)c6nc(cc7ccc4[nH]7)C=C6)C=C5)c3)cc(OCc3cc(OC)cc(OC)c3)c2)cc(OC)c1. The van der Waals surface area contributed by atoms with E-state index in [0.717, 1.165) is 100 Å². The molecule has 0 spiro atoms. The van der Waals surface area contributed by atoms with Crippen molar-refractivity contribution in [3.05, 3.63) is 250 Å². The Morgan fingerprint density at radius 3 is 0.814 bits per heavy atom. The molecule has 0 atom stereocenters. The molecule has 2 aliphatic rings. The second kappa shape index (κ2) is 31.9. The third kappa shape index (κ3) is 17.0. The van der Waals surface area contributed by atoms with Gasteiger partial charge in [0.05, 0.1) is 79.7 Å². The van der Waals surface area contributed by atoms with Crippen molar-refractivity contribution in [3.8, 4) is 103 Å². The topological polar surface area (TPSA) is 187 Å². The number of nitrogens with zero attached hydrogens (tertiary/aromatic N) is 2. The molecule has 13 rings (SSSR count). The maximum atomic E-state index is 6.97. The number of alkyl halides is 1. The van der Waals surface area contributed by atoms with E-state index in [0.29, 0.717) is 86.2 Å². The summed E-state index contributed by atoms with van der Waals surface area (Å²) in [5, 5.41) is 0.757. The standard InChI is InChI=1S/C83H75BrN4O14/c1-89-64-21-52(22-65(37-64)90-2)45-97-72-29-56(30-73(41-72)98-46-53-23-66(91-3)38-67(24-53)92-4)49-101-76-33-59(83-80-19-15-62(87-80)35-60-13-17-78(85-60)82(58-11-9-51(44-84)10-12-58)79-18-14-61(86-79)36-63-16-20-81(83)88-63)34-77(43-76)102-50-57-31-74(99-47-54-25-68(93-5)39-69(26-54)94-6)42-75(32-57)100-48-55-27-70(95-7)40-71(28-55)96-8/h9-43,85,88H,44-50H2,1-8H3. The Labute approximate surface area is 599 Å². The molecule has 0 radical (unpaired) electrons. The monoisotopic (exact) mass is 1430 g/mol. The first-order valence-corrected chi connectivity index (χ1v) is 33.9. The zero-order chi connectivity index (χ0) is 70.5. The molecule has 102 heavy (non-hydrogen) atoms. The summed E-state index contributed by atoms with van der Waals surface area (Å²) in [4.78, 5) is 18.0. The quantitative estimate of drug-likeness (QED) is 0.0421. The highest BCUT2D eigenvalue weighted by atomic mass is 79.9. The van der Waals surface area contributed by atoms with E-state index >= 15 is 0 Å². The molecular formula is C83H75BrN4O14. The summed E-state index contributed by atoms with van der Waals surface area (Å²) < 4.78 is 84.9. The molecule has 5 heterocycles. The molecule has 18 nitrogen and oxygen atoms in total. The summed E-state index contributed by atoms with van der Waals surface area (Å²) in [7, 11) is 12.9. The van der Waals surface area contributed by atoms with Crippen LogP contribution in [-0.4, -0.2) is 76.8 Å². The number of hydrogen-bond donors (Lipinski definition) is 2. The van der Waals surface area contributed by atoms with E-state index in [1.807, 2.05) is 164 Å². The number of H-pyrrole nitrogens is 2. The van der Waals surface area contributed by atoms with E-state index in [9.17, 15) is 0 Å². The summed E-state index contributed by atoms with van der Waals surface area (Å²) in [6.45, 7) is 0.930. The highest BCUT2D eigenvalue weighted by Crippen LogP contribution is 2.39. The van der Waals surface area contributed by atoms with E-state index in [2.05, 4.69) is 74.4 Å². The van der Waals surface area contributed by atoms with Crippen LogP contribution in [0.25, 0.3) is 68.6 Å². The van der Waals surface area contributed by atoms with Crippen molar-refractivity contribution < 1.29 is 66.3 Å². The predicted molar refractivity (Wildman–Crippen MR) is 399 cm³/mol. The fourth-order valence-electron chi connectivity index (χ4n) is 11.9. The van der Waals surface area contributed by atoms with E-state index in [4.69, 9.17) is 76.3 Å². The average Bonchev–Trinajstić information content (AvgIpc) is 1.63. The molecule has 0 amide bonds. The van der Waals surface area contributed by atoms with E-state index in [-0.39, 0.29) is 39.6 Å². The van der Waals surface area contributed by atoms with Gasteiger partial charge in [-0.1, -0.05) is 40.2 Å². The molecule has 2 aliphatic heterocycles. The smallest absolute Gasteiger partial charge is 0.124 e. The molecule has 0 unspecified atom stereocenters. The number of halogens is 1. The van der Waals surface area contributed by atoms with Crippen LogP contribution in [0, 0.1) is 0 Å². The zero-order valence-corrected chi connectivity index (χ0v) is 59.2. The fourth-order valence-corrected chi connectivity index (χ4v) is 12.3. The molecule has 0 aliphatic carbocycles. The second-order valence-electron chi connectivity index (χ2n) is 24.0. The number of aromatic amines is 2. The molecule has 0 saturated heterocycles. The van der Waals surface area contributed by atoms with Crippen LogP contribution in [0.3, 0.4) is 0 Å². The lowest BCUT2D eigenvalue weighted by atomic mass is 10.0. The Hall–Kier alpha value is -12.0. The van der Waals surface area contributed by atoms with Crippen molar-refractivity contribution in [1.29, 1.82) is 0 Å². The Bertz CT molecular complexity index is 4650. The second-order valence-corrected chi connectivity index (χ2v) is 24.5. The van der Waals surface area contributed by atoms with E-state index in [1.54, 1.807) is 56.9 Å². The van der Waals surface area contributed by atoms with Crippen molar-refractivity contribution in [3.63, 3.8) is 0 Å². The van der Waals surface area contributed by atoms with Gasteiger partial charge in [0.1, 0.15) is 120 Å². The first-order valence-electron chi connectivity index (χ1n) is 32.7. The maximum absolute atomic E-state index is 6.97. The van der Waals surface area contributed by atoms with Crippen molar-refractivity contribution >= 4 is 62.3 Å². The van der Waals surface area contributed by atoms with Gasteiger partial charge in [-0.15, -0.1) is 0 Å².